The van der Waals surface area contributed by atoms with Gasteiger partial charge in [0.1, 0.15) is 26.4 Å². The smallest absolute Gasteiger partial charge is 0.410 e. The van der Waals surface area contributed by atoms with Gasteiger partial charge < -0.3 is 28.7 Å². The Bertz CT molecular complexity index is 969. The second-order valence-electron chi connectivity index (χ2n) is 16.3. The van der Waals surface area contributed by atoms with Gasteiger partial charge in [-0.25, -0.2) is 4.79 Å². The Morgan fingerprint density at radius 3 is 1.20 bits per heavy atom. The second kappa shape index (κ2) is 44.0. The maximum Gasteiger partial charge on any atom is 0.410 e. The van der Waals surface area contributed by atoms with Gasteiger partial charge in [-0.3, -0.25) is 14.4 Å². The highest BCUT2D eigenvalue weighted by Crippen LogP contribution is 2.23. The molecule has 0 saturated heterocycles. The molecule has 0 fully saturated rings. The zero-order chi connectivity index (χ0) is 44.3. The van der Waals surface area contributed by atoms with Crippen molar-refractivity contribution >= 4 is 45.6 Å². The normalized spacial score (nSPS) is 12.3. The number of hydrogen-bond donors (Lipinski definition) is 0. The van der Waals surface area contributed by atoms with Gasteiger partial charge in [-0.15, -0.1) is 0 Å². The molecular formula is C48H92N2O8S2. The maximum absolute atomic E-state index is 13.4. The maximum atomic E-state index is 13.4. The molecule has 0 heterocycles. The van der Waals surface area contributed by atoms with Crippen molar-refractivity contribution in [3.8, 4) is 0 Å². The van der Waals surface area contributed by atoms with Crippen LogP contribution in [0.1, 0.15) is 202 Å². The minimum atomic E-state index is -0.513. The van der Waals surface area contributed by atoms with Crippen LogP contribution < -0.4 is 0 Å². The Morgan fingerprint density at radius 1 is 0.433 bits per heavy atom. The fourth-order valence-corrected chi connectivity index (χ4v) is 8.86. The zero-order valence-electron chi connectivity index (χ0n) is 39.6. The zero-order valence-corrected chi connectivity index (χ0v) is 41.2. The molecule has 0 saturated carbocycles. The number of ether oxygens (including phenoxy) is 4. The first-order valence-corrected chi connectivity index (χ1v) is 27.1. The standard InChI is InChI=1S/C48H92N2O8S2/c1-7-13-17-21-23-27-31-43(29-25-19-15-9-3)46(52)56-37-35-50(48(54)58-40-42-60-59-41-39-55-45(51)33-34-49(11-5)12-6)36-38-57-47(53)44(30-26-20-16-10-4)32-28-24-22-18-14-8-2/h43-44H,7-42H2,1-6H3. The first-order chi connectivity index (χ1) is 29.3. The van der Waals surface area contributed by atoms with Gasteiger partial charge in [-0.2, -0.15) is 0 Å². The van der Waals surface area contributed by atoms with E-state index in [0.29, 0.717) is 31.1 Å². The van der Waals surface area contributed by atoms with Crippen LogP contribution >= 0.6 is 21.6 Å². The third kappa shape index (κ3) is 34.9. The monoisotopic (exact) mass is 889 g/mol. The third-order valence-electron chi connectivity index (χ3n) is 11.2. The van der Waals surface area contributed by atoms with E-state index in [1.807, 2.05) is 0 Å². The van der Waals surface area contributed by atoms with Gasteiger partial charge in [0.15, 0.2) is 0 Å². The van der Waals surface area contributed by atoms with Crippen molar-refractivity contribution in [1.82, 2.24) is 9.80 Å². The SMILES string of the molecule is CCCCCCCCC(CCCCCC)C(=O)OCCN(CCOC(=O)C(CCCCCC)CCCCCCCC)C(=O)OCCSSCCOC(=O)CCN(CC)CC. The van der Waals surface area contributed by atoms with Gasteiger partial charge in [0, 0.05) is 18.1 Å². The van der Waals surface area contributed by atoms with Crippen molar-refractivity contribution in [3.63, 3.8) is 0 Å². The number of carbonyl (C=O) groups excluding carboxylic acids is 4. The van der Waals surface area contributed by atoms with E-state index in [0.717, 1.165) is 103 Å². The quantitative estimate of drug-likeness (QED) is 0.0252. The molecule has 0 bridgehead atoms. The molecule has 2 atom stereocenters. The Balaban J connectivity index is 5.27. The molecule has 0 aromatic heterocycles. The van der Waals surface area contributed by atoms with Gasteiger partial charge in [0.05, 0.1) is 31.3 Å². The predicted octanol–water partition coefficient (Wildman–Crippen LogP) is 12.8. The highest BCUT2D eigenvalue weighted by atomic mass is 33.1. The molecule has 60 heavy (non-hydrogen) atoms. The average Bonchev–Trinajstić information content (AvgIpc) is 3.25. The van der Waals surface area contributed by atoms with Crippen molar-refractivity contribution in [2.24, 2.45) is 11.8 Å². The van der Waals surface area contributed by atoms with Crippen molar-refractivity contribution in [1.29, 1.82) is 0 Å². The van der Waals surface area contributed by atoms with E-state index in [-0.39, 0.29) is 62.7 Å². The molecule has 354 valence electrons. The second-order valence-corrected chi connectivity index (χ2v) is 19.0. The summed E-state index contributed by atoms with van der Waals surface area (Å²) < 4.78 is 22.7. The lowest BCUT2D eigenvalue weighted by molar-refractivity contribution is -0.150. The molecule has 0 aliphatic rings. The first kappa shape index (κ1) is 58.3. The van der Waals surface area contributed by atoms with Crippen LogP contribution in [0.2, 0.25) is 0 Å². The molecule has 0 aromatic carbocycles. The van der Waals surface area contributed by atoms with Crippen molar-refractivity contribution < 1.29 is 38.1 Å². The summed E-state index contributed by atoms with van der Waals surface area (Å²) >= 11 is 0. The van der Waals surface area contributed by atoms with Crippen molar-refractivity contribution in [2.45, 2.75) is 202 Å². The molecule has 0 N–H and O–H groups in total. The molecule has 0 aliphatic carbocycles. The summed E-state index contributed by atoms with van der Waals surface area (Å²) in [7, 11) is 3.13. The van der Waals surface area contributed by atoms with Crippen LogP contribution in [0, 0.1) is 11.8 Å². The highest BCUT2D eigenvalue weighted by molar-refractivity contribution is 8.76. The Labute approximate surface area is 376 Å². The van der Waals surface area contributed by atoms with E-state index in [9.17, 15) is 19.2 Å². The first-order valence-electron chi connectivity index (χ1n) is 24.6. The lowest BCUT2D eigenvalue weighted by Gasteiger charge is -2.23. The van der Waals surface area contributed by atoms with Crippen LogP contribution in [0.5, 0.6) is 0 Å². The fourth-order valence-electron chi connectivity index (χ4n) is 7.20. The molecule has 0 aromatic rings. The molecule has 1 amide bonds. The molecule has 10 nitrogen and oxygen atoms in total. The minimum absolute atomic E-state index is 0.0696. The Hall–Kier alpha value is -1.66. The molecule has 0 radical (unpaired) electrons. The van der Waals surface area contributed by atoms with Crippen molar-refractivity contribution in [3.05, 3.63) is 0 Å². The molecule has 12 heteroatoms. The summed E-state index contributed by atoms with van der Waals surface area (Å²) in [6.07, 6.45) is 26.3. The number of amides is 1. The molecule has 0 spiro atoms. The van der Waals surface area contributed by atoms with Crippen LogP contribution in [-0.2, 0) is 33.3 Å². The summed E-state index contributed by atoms with van der Waals surface area (Å²) in [5.74, 6) is 0.433. The Kier molecular flexibility index (Phi) is 42.8. The number of hydrogen-bond acceptors (Lipinski definition) is 11. The Morgan fingerprint density at radius 2 is 0.800 bits per heavy atom. The number of rotatable bonds is 44. The van der Waals surface area contributed by atoms with Gasteiger partial charge >= 0.3 is 24.0 Å². The number of esters is 3. The van der Waals surface area contributed by atoms with Gasteiger partial charge in [-0.05, 0) is 38.8 Å². The van der Waals surface area contributed by atoms with Crippen LogP contribution in [0.25, 0.3) is 0 Å². The summed E-state index contributed by atoms with van der Waals surface area (Å²) in [5, 5.41) is 0. The lowest BCUT2D eigenvalue weighted by atomic mass is 9.94. The summed E-state index contributed by atoms with van der Waals surface area (Å²) in [5.41, 5.74) is 0. The number of unbranched alkanes of at least 4 members (excludes halogenated alkanes) is 16. The third-order valence-corrected chi connectivity index (χ3v) is 13.5. The molecular weight excluding hydrogens is 797 g/mol. The summed E-state index contributed by atoms with van der Waals surface area (Å²) in [6, 6.07) is 0. The molecule has 2 unspecified atom stereocenters. The van der Waals surface area contributed by atoms with Crippen molar-refractivity contribution in [2.75, 3.05) is 70.7 Å². The average molecular weight is 889 g/mol. The van der Waals surface area contributed by atoms with Crippen LogP contribution in [0.3, 0.4) is 0 Å². The molecule has 0 aliphatic heterocycles. The summed E-state index contributed by atoms with van der Waals surface area (Å²) in [6.45, 7) is 16.5. The molecule has 0 rings (SSSR count). The summed E-state index contributed by atoms with van der Waals surface area (Å²) in [4.78, 5) is 55.9. The fraction of sp³-hybridized carbons (Fsp3) is 0.917. The largest absolute Gasteiger partial charge is 0.465 e. The van der Waals surface area contributed by atoms with E-state index < -0.39 is 6.09 Å². The highest BCUT2D eigenvalue weighted by Gasteiger charge is 2.23. The number of nitrogens with zero attached hydrogens (tertiary/aromatic N) is 2. The topological polar surface area (TPSA) is 112 Å². The van der Waals surface area contributed by atoms with Crippen LogP contribution in [-0.4, -0.2) is 104 Å². The number of carbonyl (C=O) groups is 4. The van der Waals surface area contributed by atoms with E-state index in [1.165, 1.54) is 69.1 Å². The van der Waals surface area contributed by atoms with Crippen LogP contribution in [0.15, 0.2) is 0 Å². The van der Waals surface area contributed by atoms with Gasteiger partial charge in [0.25, 0.3) is 0 Å². The van der Waals surface area contributed by atoms with Gasteiger partial charge in [0.2, 0.25) is 0 Å². The van der Waals surface area contributed by atoms with E-state index >= 15 is 0 Å². The van der Waals surface area contributed by atoms with Crippen LogP contribution in [0.4, 0.5) is 4.79 Å². The van der Waals surface area contributed by atoms with E-state index in [2.05, 4.69) is 46.4 Å². The minimum Gasteiger partial charge on any atom is -0.465 e. The lowest BCUT2D eigenvalue weighted by Crippen LogP contribution is -2.38. The van der Waals surface area contributed by atoms with Gasteiger partial charge in [-0.1, -0.05) is 192 Å². The van der Waals surface area contributed by atoms with E-state index in [4.69, 9.17) is 18.9 Å². The predicted molar refractivity (Wildman–Crippen MR) is 254 cm³/mol. The van der Waals surface area contributed by atoms with E-state index in [1.54, 1.807) is 21.6 Å².